The number of H-pyrrole nitrogens is 2. The van der Waals surface area contributed by atoms with Crippen LogP contribution in [0.2, 0.25) is 0 Å². The number of fused-ring (bicyclic) bond motifs is 1. The van der Waals surface area contributed by atoms with Crippen LogP contribution in [0.15, 0.2) is 103 Å². The smallest absolute Gasteiger partial charge is 0.140 e. The van der Waals surface area contributed by atoms with Crippen molar-refractivity contribution in [3.63, 3.8) is 0 Å². The van der Waals surface area contributed by atoms with Gasteiger partial charge in [-0.2, -0.15) is 0 Å². The van der Waals surface area contributed by atoms with Crippen LogP contribution < -0.4 is 4.74 Å². The third-order valence-corrected chi connectivity index (χ3v) is 6.28. The molecular formula is C31H25N3O. The molecule has 0 bridgehead atoms. The van der Waals surface area contributed by atoms with Crippen LogP contribution >= 0.6 is 0 Å². The summed E-state index contributed by atoms with van der Waals surface area (Å²) in [6, 6.07) is 34.8. The van der Waals surface area contributed by atoms with Crippen LogP contribution in [0.3, 0.4) is 0 Å². The zero-order valence-corrected chi connectivity index (χ0v) is 19.7. The Morgan fingerprint density at radius 1 is 0.629 bits per heavy atom. The van der Waals surface area contributed by atoms with Crippen molar-refractivity contribution >= 4 is 10.9 Å². The fraction of sp³-hybridized carbons (Fsp3) is 0.0645. The minimum atomic E-state index is 0.792. The van der Waals surface area contributed by atoms with Crippen molar-refractivity contribution in [2.45, 2.75) is 13.8 Å². The van der Waals surface area contributed by atoms with Crippen molar-refractivity contribution in [2.24, 2.45) is 0 Å². The number of ether oxygens (including phenoxy) is 1. The van der Waals surface area contributed by atoms with Gasteiger partial charge >= 0.3 is 0 Å². The number of nitrogens with one attached hydrogen (secondary N) is 2. The van der Waals surface area contributed by atoms with Gasteiger partial charge in [0.1, 0.15) is 17.3 Å². The molecule has 0 unspecified atom stereocenters. The summed E-state index contributed by atoms with van der Waals surface area (Å²) >= 11 is 0. The molecule has 0 radical (unpaired) electrons. The van der Waals surface area contributed by atoms with Crippen molar-refractivity contribution in [3.05, 3.63) is 114 Å². The molecule has 0 aliphatic heterocycles. The van der Waals surface area contributed by atoms with Crippen molar-refractivity contribution in [2.75, 3.05) is 0 Å². The Balaban J connectivity index is 1.46. The maximum absolute atomic E-state index is 5.99. The Hall–Kier alpha value is -4.57. The van der Waals surface area contributed by atoms with Gasteiger partial charge < -0.3 is 14.7 Å². The van der Waals surface area contributed by atoms with E-state index in [2.05, 4.69) is 78.4 Å². The lowest BCUT2D eigenvalue weighted by Crippen LogP contribution is -1.86. The molecular weight excluding hydrogens is 430 g/mol. The molecule has 0 spiro atoms. The lowest BCUT2D eigenvalue weighted by atomic mass is 10.0. The minimum absolute atomic E-state index is 0.792. The summed E-state index contributed by atoms with van der Waals surface area (Å²) in [7, 11) is 0. The second-order valence-corrected chi connectivity index (χ2v) is 8.79. The van der Waals surface area contributed by atoms with Crippen LogP contribution in [0.25, 0.3) is 44.8 Å². The summed E-state index contributed by atoms with van der Waals surface area (Å²) in [5.41, 5.74) is 8.58. The van der Waals surface area contributed by atoms with E-state index in [1.165, 1.54) is 5.56 Å². The Morgan fingerprint density at radius 3 is 2.06 bits per heavy atom. The zero-order chi connectivity index (χ0) is 23.8. The molecule has 6 rings (SSSR count). The van der Waals surface area contributed by atoms with Crippen molar-refractivity contribution < 1.29 is 4.74 Å². The third-order valence-electron chi connectivity index (χ3n) is 6.28. The highest BCUT2D eigenvalue weighted by Crippen LogP contribution is 2.37. The number of aryl methyl sites for hydroxylation is 2. The fourth-order valence-electron chi connectivity index (χ4n) is 4.52. The Labute approximate surface area is 204 Å². The van der Waals surface area contributed by atoms with E-state index < -0.39 is 0 Å². The van der Waals surface area contributed by atoms with Crippen molar-refractivity contribution in [1.29, 1.82) is 0 Å². The van der Waals surface area contributed by atoms with Gasteiger partial charge in [-0.1, -0.05) is 66.2 Å². The van der Waals surface area contributed by atoms with Crippen LogP contribution in [-0.4, -0.2) is 15.0 Å². The van der Waals surface area contributed by atoms with E-state index in [1.54, 1.807) is 0 Å². The number of hydrogen-bond acceptors (Lipinski definition) is 2. The number of imidazole rings is 1. The zero-order valence-electron chi connectivity index (χ0n) is 19.7. The van der Waals surface area contributed by atoms with E-state index in [1.807, 2.05) is 48.5 Å². The Kier molecular flexibility index (Phi) is 5.19. The first-order valence-corrected chi connectivity index (χ1v) is 11.7. The van der Waals surface area contributed by atoms with E-state index in [0.717, 1.165) is 62.0 Å². The molecule has 4 heteroatoms. The maximum Gasteiger partial charge on any atom is 0.140 e. The minimum Gasteiger partial charge on any atom is -0.457 e. The van der Waals surface area contributed by atoms with E-state index in [4.69, 9.17) is 9.72 Å². The number of hydrogen-bond donors (Lipinski definition) is 2. The average Bonchev–Trinajstić information content (AvgIpc) is 3.46. The van der Waals surface area contributed by atoms with Gasteiger partial charge in [-0.3, -0.25) is 0 Å². The van der Waals surface area contributed by atoms with E-state index >= 15 is 0 Å². The molecule has 0 saturated carbocycles. The van der Waals surface area contributed by atoms with E-state index in [-0.39, 0.29) is 0 Å². The highest BCUT2D eigenvalue weighted by molar-refractivity contribution is 5.97. The standard InChI is InChI=1S/C31H25N3O/c1-20-12-14-22(15-13-20)29-30(23-16-18-25(19-17-23)35-24-8-4-3-5-9-24)34-31(33-29)28-21(2)32-27-11-7-6-10-26(27)28/h3-19,32H,1-2H3,(H,33,34). The molecule has 0 saturated heterocycles. The van der Waals surface area contributed by atoms with Gasteiger partial charge in [-0.15, -0.1) is 0 Å². The van der Waals surface area contributed by atoms with Crippen molar-refractivity contribution in [3.8, 4) is 45.4 Å². The molecule has 0 aliphatic carbocycles. The van der Waals surface area contributed by atoms with Crippen LogP contribution in [-0.2, 0) is 0 Å². The quantitative estimate of drug-likeness (QED) is 0.275. The van der Waals surface area contributed by atoms with Gasteiger partial charge in [0.2, 0.25) is 0 Å². The SMILES string of the molecule is Cc1ccc(-c2[nH]c(-c3c(C)[nH]c4ccccc34)nc2-c2ccc(Oc3ccccc3)cc2)cc1. The number of aromatic nitrogens is 3. The second kappa shape index (κ2) is 8.65. The van der Waals surface area contributed by atoms with Gasteiger partial charge in [-0.25, -0.2) is 4.98 Å². The Morgan fingerprint density at radius 2 is 1.29 bits per heavy atom. The summed E-state index contributed by atoms with van der Waals surface area (Å²) in [6.07, 6.45) is 0. The summed E-state index contributed by atoms with van der Waals surface area (Å²) in [5.74, 6) is 2.47. The molecule has 0 amide bonds. The van der Waals surface area contributed by atoms with E-state index in [0.29, 0.717) is 0 Å². The second-order valence-electron chi connectivity index (χ2n) is 8.79. The van der Waals surface area contributed by atoms with Crippen LogP contribution in [0.1, 0.15) is 11.3 Å². The largest absolute Gasteiger partial charge is 0.457 e. The number of benzene rings is 4. The van der Waals surface area contributed by atoms with Crippen molar-refractivity contribution in [1.82, 2.24) is 15.0 Å². The molecule has 0 aliphatic rings. The highest BCUT2D eigenvalue weighted by Gasteiger charge is 2.19. The monoisotopic (exact) mass is 455 g/mol. The molecule has 35 heavy (non-hydrogen) atoms. The lowest BCUT2D eigenvalue weighted by Gasteiger charge is -2.07. The summed E-state index contributed by atoms with van der Waals surface area (Å²) in [4.78, 5) is 12.3. The predicted octanol–water partition coefficient (Wildman–Crippen LogP) is 8.30. The highest BCUT2D eigenvalue weighted by atomic mass is 16.5. The fourth-order valence-corrected chi connectivity index (χ4v) is 4.52. The van der Waals surface area contributed by atoms with Gasteiger partial charge in [0.25, 0.3) is 0 Å². The van der Waals surface area contributed by atoms with E-state index in [9.17, 15) is 0 Å². The molecule has 4 aromatic carbocycles. The Bertz CT molecular complexity index is 1610. The lowest BCUT2D eigenvalue weighted by molar-refractivity contribution is 0.483. The molecule has 4 nitrogen and oxygen atoms in total. The van der Waals surface area contributed by atoms with Crippen LogP contribution in [0.5, 0.6) is 11.5 Å². The van der Waals surface area contributed by atoms with Gasteiger partial charge in [-0.05, 0) is 56.3 Å². The molecule has 170 valence electrons. The topological polar surface area (TPSA) is 53.7 Å². The number of rotatable bonds is 5. The number of para-hydroxylation sites is 2. The van der Waals surface area contributed by atoms with Crippen LogP contribution in [0, 0.1) is 13.8 Å². The molecule has 2 heterocycles. The number of nitrogens with zero attached hydrogens (tertiary/aromatic N) is 1. The maximum atomic E-state index is 5.99. The van der Waals surface area contributed by atoms with Gasteiger partial charge in [0, 0.05) is 33.3 Å². The number of aromatic amines is 2. The first-order valence-electron chi connectivity index (χ1n) is 11.7. The summed E-state index contributed by atoms with van der Waals surface area (Å²) in [6.45, 7) is 4.20. The van der Waals surface area contributed by atoms with Crippen LogP contribution in [0.4, 0.5) is 0 Å². The van der Waals surface area contributed by atoms with Gasteiger partial charge in [0.05, 0.1) is 11.4 Å². The molecule has 2 aromatic heterocycles. The molecule has 6 aromatic rings. The van der Waals surface area contributed by atoms with Gasteiger partial charge in [0.15, 0.2) is 0 Å². The summed E-state index contributed by atoms with van der Waals surface area (Å²) < 4.78 is 5.99. The average molecular weight is 456 g/mol. The normalized spacial score (nSPS) is 11.1. The summed E-state index contributed by atoms with van der Waals surface area (Å²) in [5, 5.41) is 1.16. The molecule has 0 fully saturated rings. The first-order chi connectivity index (χ1) is 17.2. The first kappa shape index (κ1) is 21.0. The molecule has 2 N–H and O–H groups in total. The predicted molar refractivity (Wildman–Crippen MR) is 143 cm³/mol. The molecule has 0 atom stereocenters. The third kappa shape index (κ3) is 4.00.